The van der Waals surface area contributed by atoms with Crippen LogP contribution in [-0.2, 0) is 12.4 Å². The molecule has 0 aliphatic heterocycles. The van der Waals surface area contributed by atoms with Crippen LogP contribution in [0.2, 0.25) is 0 Å². The number of rotatable bonds is 7. The van der Waals surface area contributed by atoms with Gasteiger partial charge in [0.15, 0.2) is 5.17 Å². The number of nitrogens with zero attached hydrogens (tertiary/aromatic N) is 2. The lowest BCUT2D eigenvalue weighted by Crippen LogP contribution is -2.05. The molecule has 3 aromatic rings. The van der Waals surface area contributed by atoms with Crippen molar-refractivity contribution in [2.45, 2.75) is 12.4 Å². The van der Waals surface area contributed by atoms with Crippen LogP contribution in [0.1, 0.15) is 16.7 Å². The van der Waals surface area contributed by atoms with Gasteiger partial charge >= 0.3 is 0 Å². The zero-order chi connectivity index (χ0) is 18.7. The van der Waals surface area contributed by atoms with Gasteiger partial charge in [-0.05, 0) is 41.0 Å². The predicted octanol–water partition coefficient (Wildman–Crippen LogP) is 4.85. The summed E-state index contributed by atoms with van der Waals surface area (Å²) in [5, 5.41) is 8.52. The average Bonchev–Trinajstić information content (AvgIpc) is 2.73. The molecule has 0 amide bonds. The van der Waals surface area contributed by atoms with Crippen molar-refractivity contribution < 1.29 is 4.74 Å². The number of ether oxygens (including phenoxy) is 1. The fourth-order valence-corrected chi connectivity index (χ4v) is 2.92. The van der Waals surface area contributed by atoms with Gasteiger partial charge in [-0.3, -0.25) is 0 Å². The molecule has 0 atom stereocenters. The van der Waals surface area contributed by atoms with E-state index in [0.717, 1.165) is 22.6 Å². The summed E-state index contributed by atoms with van der Waals surface area (Å²) in [5.41, 5.74) is 9.16. The molecule has 4 nitrogen and oxygen atoms in total. The normalized spacial score (nSPS) is 11.6. The minimum absolute atomic E-state index is 0.443. The van der Waals surface area contributed by atoms with Crippen molar-refractivity contribution in [1.82, 2.24) is 0 Å². The van der Waals surface area contributed by atoms with Crippen LogP contribution in [0.3, 0.4) is 0 Å². The Balaban J connectivity index is 1.47. The summed E-state index contributed by atoms with van der Waals surface area (Å²) >= 11 is 1.47. The van der Waals surface area contributed by atoms with Crippen LogP contribution >= 0.6 is 11.8 Å². The lowest BCUT2D eigenvalue weighted by Gasteiger charge is -2.06. The smallest absolute Gasteiger partial charge is 0.180 e. The number of benzene rings is 3. The molecule has 0 spiro atoms. The molecule has 5 heteroatoms. The number of hydrogen-bond acceptors (Lipinski definition) is 4. The predicted molar refractivity (Wildman–Crippen MR) is 114 cm³/mol. The molecular formula is C22H21N3OS. The topological polar surface area (TPSA) is 60.0 Å². The van der Waals surface area contributed by atoms with Crippen LogP contribution < -0.4 is 10.5 Å². The first-order chi connectivity index (χ1) is 13.3. The van der Waals surface area contributed by atoms with Crippen LogP contribution in [0.25, 0.3) is 0 Å². The Morgan fingerprint density at radius 2 is 1.48 bits per heavy atom. The maximum Gasteiger partial charge on any atom is 0.180 e. The Kier molecular flexibility index (Phi) is 7.07. The fraction of sp³-hybridized carbons (Fsp3) is 0.0909. The van der Waals surface area contributed by atoms with Gasteiger partial charge in [0.2, 0.25) is 0 Å². The number of nitrogens with two attached hydrogens (primary N) is 1. The highest BCUT2D eigenvalue weighted by molar-refractivity contribution is 8.13. The van der Waals surface area contributed by atoms with Gasteiger partial charge in [-0.25, -0.2) is 0 Å². The van der Waals surface area contributed by atoms with E-state index in [0.29, 0.717) is 11.8 Å². The van der Waals surface area contributed by atoms with E-state index in [2.05, 4.69) is 22.3 Å². The molecule has 2 N–H and O–H groups in total. The first-order valence-corrected chi connectivity index (χ1v) is 9.58. The quantitative estimate of drug-likeness (QED) is 0.365. The van der Waals surface area contributed by atoms with Gasteiger partial charge < -0.3 is 10.5 Å². The molecule has 136 valence electrons. The third kappa shape index (κ3) is 6.64. The molecule has 0 fully saturated rings. The Bertz CT molecular complexity index is 878. The molecule has 0 aromatic heterocycles. The third-order valence-corrected chi connectivity index (χ3v) is 4.58. The van der Waals surface area contributed by atoms with Gasteiger partial charge in [-0.15, -0.1) is 5.10 Å². The molecule has 0 saturated heterocycles. The van der Waals surface area contributed by atoms with E-state index in [1.807, 2.05) is 72.8 Å². The maximum absolute atomic E-state index is 5.88. The first-order valence-electron chi connectivity index (χ1n) is 8.59. The third-order valence-electron chi connectivity index (χ3n) is 3.72. The number of amidine groups is 1. The highest BCUT2D eigenvalue weighted by Crippen LogP contribution is 2.14. The van der Waals surface area contributed by atoms with Crippen LogP contribution in [0, 0.1) is 0 Å². The second-order valence-electron chi connectivity index (χ2n) is 5.80. The monoisotopic (exact) mass is 375 g/mol. The molecule has 27 heavy (non-hydrogen) atoms. The molecule has 0 saturated carbocycles. The van der Waals surface area contributed by atoms with Gasteiger partial charge in [0.05, 0.1) is 6.21 Å². The molecule has 0 aliphatic rings. The summed E-state index contributed by atoms with van der Waals surface area (Å²) in [7, 11) is 0. The van der Waals surface area contributed by atoms with Crippen LogP contribution in [0.4, 0.5) is 0 Å². The van der Waals surface area contributed by atoms with Gasteiger partial charge in [0, 0.05) is 5.75 Å². The minimum Gasteiger partial charge on any atom is -0.489 e. The Labute approximate surface area is 163 Å². The molecule has 3 rings (SSSR count). The standard InChI is InChI=1S/C22H21N3OS/c23-22(27-17-20-9-5-2-6-10-20)25-24-15-18-11-13-21(14-12-18)26-16-19-7-3-1-4-8-19/h1-15H,16-17H2,(H2,23,25). The summed E-state index contributed by atoms with van der Waals surface area (Å²) in [6, 6.07) is 27.9. The molecule has 3 aromatic carbocycles. The zero-order valence-corrected chi connectivity index (χ0v) is 15.7. The lowest BCUT2D eigenvalue weighted by atomic mass is 10.2. The summed E-state index contributed by atoms with van der Waals surface area (Å²) in [5.74, 6) is 1.59. The SMILES string of the molecule is NC(=NN=Cc1ccc(OCc2ccccc2)cc1)SCc1ccccc1. The molecule has 0 radical (unpaired) electrons. The molecule has 0 bridgehead atoms. The number of thioether (sulfide) groups is 1. The van der Waals surface area contributed by atoms with Crippen LogP contribution in [0.15, 0.2) is 95.1 Å². The van der Waals surface area contributed by atoms with Crippen molar-refractivity contribution >= 4 is 23.1 Å². The van der Waals surface area contributed by atoms with E-state index in [4.69, 9.17) is 10.5 Å². The maximum atomic E-state index is 5.88. The van der Waals surface area contributed by atoms with Crippen molar-refractivity contribution in [3.63, 3.8) is 0 Å². The summed E-state index contributed by atoms with van der Waals surface area (Å²) in [6.45, 7) is 0.549. The van der Waals surface area contributed by atoms with Crippen LogP contribution in [-0.4, -0.2) is 11.4 Å². The molecule has 0 unspecified atom stereocenters. The van der Waals surface area contributed by atoms with E-state index in [9.17, 15) is 0 Å². The number of hydrogen-bond donors (Lipinski definition) is 1. The van der Waals surface area contributed by atoms with Gasteiger partial charge in [-0.2, -0.15) is 5.10 Å². The summed E-state index contributed by atoms with van der Waals surface area (Å²) in [6.07, 6.45) is 1.68. The van der Waals surface area contributed by atoms with E-state index >= 15 is 0 Å². The van der Waals surface area contributed by atoms with Crippen LogP contribution in [0.5, 0.6) is 5.75 Å². The Hall–Kier alpha value is -3.05. The highest BCUT2D eigenvalue weighted by Gasteiger charge is 1.97. The van der Waals surface area contributed by atoms with Crippen molar-refractivity contribution in [1.29, 1.82) is 0 Å². The Morgan fingerprint density at radius 3 is 2.15 bits per heavy atom. The largest absolute Gasteiger partial charge is 0.489 e. The Morgan fingerprint density at radius 1 is 0.852 bits per heavy atom. The average molecular weight is 375 g/mol. The van der Waals surface area contributed by atoms with E-state index in [-0.39, 0.29) is 0 Å². The minimum atomic E-state index is 0.443. The van der Waals surface area contributed by atoms with Crippen molar-refractivity contribution in [3.05, 3.63) is 102 Å². The van der Waals surface area contributed by atoms with Crippen molar-refractivity contribution in [2.75, 3.05) is 0 Å². The first kappa shape index (κ1) is 18.7. The second kappa shape index (κ2) is 10.2. The highest BCUT2D eigenvalue weighted by atomic mass is 32.2. The lowest BCUT2D eigenvalue weighted by molar-refractivity contribution is 0.306. The van der Waals surface area contributed by atoms with E-state index < -0.39 is 0 Å². The molecule has 0 heterocycles. The van der Waals surface area contributed by atoms with Crippen molar-refractivity contribution in [2.24, 2.45) is 15.9 Å². The van der Waals surface area contributed by atoms with E-state index in [1.54, 1.807) is 6.21 Å². The molecular weight excluding hydrogens is 354 g/mol. The summed E-state index contributed by atoms with van der Waals surface area (Å²) in [4.78, 5) is 0. The van der Waals surface area contributed by atoms with Gasteiger partial charge in [0.1, 0.15) is 12.4 Å². The van der Waals surface area contributed by atoms with Crippen molar-refractivity contribution in [3.8, 4) is 5.75 Å². The fourth-order valence-electron chi connectivity index (χ4n) is 2.30. The van der Waals surface area contributed by atoms with Gasteiger partial charge in [0.25, 0.3) is 0 Å². The van der Waals surface area contributed by atoms with Gasteiger partial charge in [-0.1, -0.05) is 72.4 Å². The van der Waals surface area contributed by atoms with E-state index in [1.165, 1.54) is 17.3 Å². The second-order valence-corrected chi connectivity index (χ2v) is 6.80. The summed E-state index contributed by atoms with van der Waals surface area (Å²) < 4.78 is 5.77. The zero-order valence-electron chi connectivity index (χ0n) is 14.9. The molecule has 0 aliphatic carbocycles.